The van der Waals surface area contributed by atoms with Gasteiger partial charge in [-0.05, 0) is 24.1 Å². The van der Waals surface area contributed by atoms with E-state index in [9.17, 15) is 19.3 Å². The Balaban J connectivity index is 2.76. The summed E-state index contributed by atoms with van der Waals surface area (Å²) in [7, 11) is 0. The molecule has 0 unspecified atom stereocenters. The number of halogens is 1. The van der Waals surface area contributed by atoms with Crippen molar-refractivity contribution in [2.24, 2.45) is 0 Å². The van der Waals surface area contributed by atoms with Gasteiger partial charge in [0.2, 0.25) is 0 Å². The lowest BCUT2D eigenvalue weighted by Crippen LogP contribution is -1.99. The molecule has 0 aliphatic rings. The Labute approximate surface area is 122 Å². The number of nitro benzene ring substituents is 1. The zero-order valence-electron chi connectivity index (χ0n) is 10.9. The van der Waals surface area contributed by atoms with Gasteiger partial charge in [0.25, 0.3) is 5.69 Å². The van der Waals surface area contributed by atoms with E-state index in [4.69, 9.17) is 10.8 Å². The first kappa shape index (κ1) is 14.9. The highest BCUT2D eigenvalue weighted by molar-refractivity contribution is 7.18. The van der Waals surface area contributed by atoms with E-state index in [-0.39, 0.29) is 16.1 Å². The quantitative estimate of drug-likeness (QED) is 0.665. The monoisotopic (exact) mass is 310 g/mol. The third-order valence-corrected chi connectivity index (χ3v) is 4.27. The molecule has 0 atom stereocenters. The minimum Gasteiger partial charge on any atom is -0.477 e. The fraction of sp³-hybridized carbons (Fsp3) is 0.154. The molecular formula is C13H11FN2O4S. The van der Waals surface area contributed by atoms with Crippen LogP contribution in [0.5, 0.6) is 0 Å². The van der Waals surface area contributed by atoms with Crippen LogP contribution in [0.3, 0.4) is 0 Å². The van der Waals surface area contributed by atoms with Crippen LogP contribution in [0.4, 0.5) is 15.8 Å². The van der Waals surface area contributed by atoms with Crippen LogP contribution in [0.25, 0.3) is 10.4 Å². The number of anilines is 1. The zero-order valence-corrected chi connectivity index (χ0v) is 11.7. The summed E-state index contributed by atoms with van der Waals surface area (Å²) in [6, 6.07) is 3.17. The minimum absolute atomic E-state index is 0.0690. The van der Waals surface area contributed by atoms with Gasteiger partial charge in [-0.1, -0.05) is 6.92 Å². The topological polar surface area (TPSA) is 106 Å². The number of hydrogen-bond acceptors (Lipinski definition) is 5. The molecule has 6 nitrogen and oxygen atoms in total. The number of carboxylic acids is 1. The average molecular weight is 310 g/mol. The Bertz CT molecular complexity index is 742. The summed E-state index contributed by atoms with van der Waals surface area (Å²) in [5.74, 6) is -1.92. The van der Waals surface area contributed by atoms with E-state index < -0.39 is 22.4 Å². The second-order valence-electron chi connectivity index (χ2n) is 4.23. The first-order chi connectivity index (χ1) is 9.86. The molecule has 21 heavy (non-hydrogen) atoms. The Morgan fingerprint density at radius 2 is 2.19 bits per heavy atom. The Morgan fingerprint density at radius 1 is 1.52 bits per heavy atom. The number of aromatic carboxylic acids is 1. The lowest BCUT2D eigenvalue weighted by atomic mass is 10.0. The maximum atomic E-state index is 13.2. The first-order valence-corrected chi connectivity index (χ1v) is 6.77. The molecule has 110 valence electrons. The van der Waals surface area contributed by atoms with E-state index in [0.717, 1.165) is 23.5 Å². The van der Waals surface area contributed by atoms with Crippen LogP contribution in [0.1, 0.15) is 22.2 Å². The van der Waals surface area contributed by atoms with E-state index in [2.05, 4.69) is 0 Å². The minimum atomic E-state index is -1.19. The Hall–Kier alpha value is -2.48. The molecule has 2 aromatic rings. The summed E-state index contributed by atoms with van der Waals surface area (Å²) < 4.78 is 13.2. The zero-order chi connectivity index (χ0) is 15.7. The van der Waals surface area contributed by atoms with Gasteiger partial charge < -0.3 is 10.8 Å². The lowest BCUT2D eigenvalue weighted by molar-refractivity contribution is -0.384. The number of hydrogen-bond donors (Lipinski definition) is 2. The van der Waals surface area contributed by atoms with Gasteiger partial charge in [0.15, 0.2) is 0 Å². The fourth-order valence-corrected chi connectivity index (χ4v) is 3.24. The average Bonchev–Trinajstić information content (AvgIpc) is 2.75. The van der Waals surface area contributed by atoms with Gasteiger partial charge >= 0.3 is 5.97 Å². The predicted molar refractivity (Wildman–Crippen MR) is 77.1 cm³/mol. The molecule has 0 spiro atoms. The highest BCUT2D eigenvalue weighted by Gasteiger charge is 2.25. The van der Waals surface area contributed by atoms with Gasteiger partial charge in [-0.25, -0.2) is 9.18 Å². The molecule has 1 aromatic heterocycles. The van der Waals surface area contributed by atoms with Gasteiger partial charge in [0.05, 0.1) is 22.2 Å². The second kappa shape index (κ2) is 5.49. The van der Waals surface area contributed by atoms with Crippen LogP contribution < -0.4 is 5.73 Å². The van der Waals surface area contributed by atoms with Crippen molar-refractivity contribution in [2.75, 3.05) is 5.73 Å². The smallest absolute Gasteiger partial charge is 0.348 e. The van der Waals surface area contributed by atoms with Crippen molar-refractivity contribution in [3.05, 3.63) is 44.6 Å². The number of nitro groups is 1. The van der Waals surface area contributed by atoms with E-state index in [1.54, 1.807) is 6.92 Å². The highest BCUT2D eigenvalue weighted by atomic mass is 32.1. The molecule has 1 heterocycles. The van der Waals surface area contributed by atoms with E-state index in [1.807, 2.05) is 0 Å². The van der Waals surface area contributed by atoms with Crippen LogP contribution in [0.2, 0.25) is 0 Å². The van der Waals surface area contributed by atoms with Crippen molar-refractivity contribution in [3.8, 4) is 10.4 Å². The van der Waals surface area contributed by atoms with E-state index in [0.29, 0.717) is 16.9 Å². The van der Waals surface area contributed by atoms with Crippen molar-refractivity contribution in [1.82, 2.24) is 0 Å². The molecule has 1 aromatic carbocycles. The Kier molecular flexibility index (Phi) is 3.90. The SMILES string of the molecule is CCc1c(-c2ccc(F)cc2[N+](=O)[O-])sc(C(=O)O)c1N. The fourth-order valence-electron chi connectivity index (χ4n) is 2.05. The molecule has 0 amide bonds. The molecule has 0 bridgehead atoms. The number of nitrogens with zero attached hydrogens (tertiary/aromatic N) is 1. The van der Waals surface area contributed by atoms with Crippen LogP contribution in [-0.4, -0.2) is 16.0 Å². The molecular weight excluding hydrogens is 299 g/mol. The van der Waals surface area contributed by atoms with E-state index >= 15 is 0 Å². The van der Waals surface area contributed by atoms with Crippen molar-refractivity contribution < 1.29 is 19.2 Å². The molecule has 0 aliphatic heterocycles. The van der Waals surface area contributed by atoms with Gasteiger partial charge in [0.1, 0.15) is 10.7 Å². The maximum Gasteiger partial charge on any atom is 0.348 e. The van der Waals surface area contributed by atoms with Crippen molar-refractivity contribution >= 4 is 28.7 Å². The second-order valence-corrected chi connectivity index (χ2v) is 5.25. The molecule has 0 radical (unpaired) electrons. The summed E-state index contributed by atoms with van der Waals surface area (Å²) in [4.78, 5) is 21.8. The summed E-state index contributed by atoms with van der Waals surface area (Å²) >= 11 is 0.858. The van der Waals surface area contributed by atoms with Crippen molar-refractivity contribution in [2.45, 2.75) is 13.3 Å². The number of carbonyl (C=O) groups is 1. The van der Waals surface area contributed by atoms with Gasteiger partial charge in [-0.2, -0.15) is 0 Å². The van der Waals surface area contributed by atoms with Crippen molar-refractivity contribution in [3.63, 3.8) is 0 Å². The first-order valence-electron chi connectivity index (χ1n) is 5.95. The van der Waals surface area contributed by atoms with Gasteiger partial charge in [-0.15, -0.1) is 11.3 Å². The number of thiophene rings is 1. The third kappa shape index (κ3) is 2.57. The Morgan fingerprint density at radius 3 is 2.71 bits per heavy atom. The molecule has 2 rings (SSSR count). The molecule has 3 N–H and O–H groups in total. The van der Waals surface area contributed by atoms with Gasteiger partial charge in [0, 0.05) is 4.88 Å². The van der Waals surface area contributed by atoms with Gasteiger partial charge in [-0.3, -0.25) is 10.1 Å². The standard InChI is InChI=1S/C13H11FN2O4S/c1-2-7-10(15)12(13(17)18)21-11(7)8-4-3-6(14)5-9(8)16(19)20/h3-5H,2,15H2,1H3,(H,17,18). The van der Waals surface area contributed by atoms with Crippen LogP contribution in [0.15, 0.2) is 18.2 Å². The van der Waals surface area contributed by atoms with E-state index in [1.165, 1.54) is 6.07 Å². The van der Waals surface area contributed by atoms with Crippen LogP contribution in [-0.2, 0) is 6.42 Å². The molecule has 0 saturated carbocycles. The number of nitrogen functional groups attached to an aromatic ring is 1. The molecule has 0 aliphatic carbocycles. The summed E-state index contributed by atoms with van der Waals surface area (Å²) in [5, 5.41) is 20.2. The normalized spacial score (nSPS) is 10.6. The summed E-state index contributed by atoms with van der Waals surface area (Å²) in [5.41, 5.74) is 6.17. The number of nitrogens with two attached hydrogens (primary N) is 1. The lowest BCUT2D eigenvalue weighted by Gasteiger charge is -2.04. The summed E-state index contributed by atoms with van der Waals surface area (Å²) in [6.07, 6.45) is 0.416. The van der Waals surface area contributed by atoms with Crippen LogP contribution in [0, 0.1) is 15.9 Å². The summed E-state index contributed by atoms with van der Waals surface area (Å²) in [6.45, 7) is 1.77. The highest BCUT2D eigenvalue weighted by Crippen LogP contribution is 2.42. The van der Waals surface area contributed by atoms with Crippen LogP contribution >= 0.6 is 11.3 Å². The third-order valence-electron chi connectivity index (χ3n) is 3.00. The molecule has 8 heteroatoms. The maximum absolute atomic E-state index is 13.2. The number of carboxylic acid groups (broad SMARTS) is 1. The molecule has 0 fully saturated rings. The molecule has 0 saturated heterocycles. The number of benzene rings is 1. The van der Waals surface area contributed by atoms with Crippen molar-refractivity contribution in [1.29, 1.82) is 0 Å². The predicted octanol–water partition coefficient (Wildman–Crippen LogP) is 3.31. The largest absolute Gasteiger partial charge is 0.477 e. The number of rotatable bonds is 4.